The van der Waals surface area contributed by atoms with E-state index in [-0.39, 0.29) is 11.9 Å². The Morgan fingerprint density at radius 3 is 2.82 bits per heavy atom. The zero-order chi connectivity index (χ0) is 23.4. The molecule has 0 unspecified atom stereocenters. The molecule has 0 saturated carbocycles. The normalized spacial score (nSPS) is 14.7. The van der Waals surface area contributed by atoms with Gasteiger partial charge in [0.2, 0.25) is 0 Å². The van der Waals surface area contributed by atoms with Crippen molar-refractivity contribution >= 4 is 22.6 Å². The summed E-state index contributed by atoms with van der Waals surface area (Å²) in [6, 6.07) is 7.80. The monoisotopic (exact) mass is 448 g/mol. The number of rotatable bonds is 7. The molecule has 3 aromatic rings. The Hall–Kier alpha value is -3.48. The highest BCUT2D eigenvalue weighted by Gasteiger charge is 2.20. The minimum Gasteiger partial charge on any atom is -0.390 e. The summed E-state index contributed by atoms with van der Waals surface area (Å²) in [5.74, 6) is 0.367. The molecule has 172 valence electrons. The number of pyridine rings is 2. The van der Waals surface area contributed by atoms with E-state index in [4.69, 9.17) is 10.00 Å². The molecule has 0 radical (unpaired) electrons. The van der Waals surface area contributed by atoms with E-state index in [2.05, 4.69) is 26.7 Å². The molecule has 1 saturated heterocycles. The second-order valence-electron chi connectivity index (χ2n) is 8.87. The molecular formula is C24H28N6O3. The van der Waals surface area contributed by atoms with Gasteiger partial charge in [-0.05, 0) is 45.2 Å². The molecule has 0 aliphatic carbocycles. The summed E-state index contributed by atoms with van der Waals surface area (Å²) >= 11 is 0. The van der Waals surface area contributed by atoms with Crippen molar-refractivity contribution in [3.63, 3.8) is 0 Å². The second kappa shape index (κ2) is 9.57. The lowest BCUT2D eigenvalue weighted by Crippen LogP contribution is -2.32. The fourth-order valence-corrected chi connectivity index (χ4v) is 3.79. The number of nitrogens with one attached hydrogen (secondary N) is 2. The lowest BCUT2D eigenvalue weighted by atomic mass is 10.1. The summed E-state index contributed by atoms with van der Waals surface area (Å²) in [6.45, 7) is 5.13. The summed E-state index contributed by atoms with van der Waals surface area (Å²) in [7, 11) is 0. The quantitative estimate of drug-likeness (QED) is 0.507. The fourth-order valence-electron chi connectivity index (χ4n) is 3.79. The van der Waals surface area contributed by atoms with Gasteiger partial charge in [0.1, 0.15) is 17.5 Å². The fraction of sp³-hybridized carbons (Fsp3) is 0.417. The van der Waals surface area contributed by atoms with Gasteiger partial charge >= 0.3 is 0 Å². The van der Waals surface area contributed by atoms with E-state index < -0.39 is 5.60 Å². The minimum absolute atomic E-state index is 0.189. The number of amides is 1. The van der Waals surface area contributed by atoms with Gasteiger partial charge < -0.3 is 20.5 Å². The predicted molar refractivity (Wildman–Crippen MR) is 124 cm³/mol. The van der Waals surface area contributed by atoms with Crippen LogP contribution in [0.2, 0.25) is 0 Å². The van der Waals surface area contributed by atoms with Crippen molar-refractivity contribution in [1.29, 1.82) is 5.26 Å². The highest BCUT2D eigenvalue weighted by molar-refractivity contribution is 5.99. The number of anilines is 1. The van der Waals surface area contributed by atoms with E-state index in [0.29, 0.717) is 54.5 Å². The van der Waals surface area contributed by atoms with Crippen molar-refractivity contribution in [2.45, 2.75) is 44.8 Å². The third-order valence-corrected chi connectivity index (χ3v) is 5.64. The van der Waals surface area contributed by atoms with Crippen LogP contribution in [0.4, 0.5) is 5.69 Å². The summed E-state index contributed by atoms with van der Waals surface area (Å²) in [5, 5.41) is 26.3. The lowest BCUT2D eigenvalue weighted by molar-refractivity contribution is 0.0693. The minimum atomic E-state index is -0.855. The van der Waals surface area contributed by atoms with Gasteiger partial charge in [-0.15, -0.1) is 0 Å². The number of hydrogen-bond donors (Lipinski definition) is 3. The summed E-state index contributed by atoms with van der Waals surface area (Å²) < 4.78 is 7.29. The number of carbonyl (C=O) groups is 1. The first-order valence-electron chi connectivity index (χ1n) is 11.1. The van der Waals surface area contributed by atoms with Crippen LogP contribution < -0.4 is 10.6 Å². The summed E-state index contributed by atoms with van der Waals surface area (Å²) in [5.41, 5.74) is 1.45. The molecule has 0 spiro atoms. The van der Waals surface area contributed by atoms with Gasteiger partial charge in [0.15, 0.2) is 0 Å². The van der Waals surface area contributed by atoms with Crippen LogP contribution in [0.15, 0.2) is 36.8 Å². The van der Waals surface area contributed by atoms with Crippen LogP contribution >= 0.6 is 0 Å². The first-order valence-corrected chi connectivity index (χ1v) is 11.1. The number of aliphatic hydroxyl groups is 1. The highest BCUT2D eigenvalue weighted by atomic mass is 16.5. The third kappa shape index (κ3) is 5.48. The van der Waals surface area contributed by atoms with Crippen LogP contribution in [-0.4, -0.2) is 57.0 Å². The van der Waals surface area contributed by atoms with E-state index in [1.165, 1.54) is 6.20 Å². The molecule has 0 bridgehead atoms. The number of aromatic nitrogens is 3. The van der Waals surface area contributed by atoms with Crippen LogP contribution in [0.5, 0.6) is 0 Å². The van der Waals surface area contributed by atoms with E-state index in [9.17, 15) is 9.90 Å². The average molecular weight is 449 g/mol. The maximum atomic E-state index is 12.9. The van der Waals surface area contributed by atoms with Gasteiger partial charge in [0.05, 0.1) is 22.4 Å². The van der Waals surface area contributed by atoms with Crippen molar-refractivity contribution in [3.05, 3.63) is 47.9 Å². The Labute approximate surface area is 192 Å². The molecule has 4 rings (SSSR count). The molecular weight excluding hydrogens is 420 g/mol. The van der Waals surface area contributed by atoms with Crippen molar-refractivity contribution in [2.24, 2.45) is 0 Å². The number of carbonyl (C=O) groups excluding carboxylic acids is 1. The topological polar surface area (TPSA) is 125 Å². The molecule has 1 fully saturated rings. The Balaban J connectivity index is 1.65. The van der Waals surface area contributed by atoms with Gasteiger partial charge in [-0.2, -0.15) is 5.26 Å². The zero-order valence-electron chi connectivity index (χ0n) is 18.8. The van der Waals surface area contributed by atoms with Crippen molar-refractivity contribution in [2.75, 3.05) is 25.1 Å². The van der Waals surface area contributed by atoms with E-state index in [0.717, 1.165) is 18.2 Å². The second-order valence-corrected chi connectivity index (χ2v) is 8.87. The summed E-state index contributed by atoms with van der Waals surface area (Å²) in [4.78, 5) is 21.9. The zero-order valence-corrected chi connectivity index (χ0v) is 18.8. The first-order chi connectivity index (χ1) is 15.8. The number of nitriles is 1. The van der Waals surface area contributed by atoms with Crippen LogP contribution in [0.1, 0.15) is 49.0 Å². The van der Waals surface area contributed by atoms with Gasteiger partial charge in [-0.3, -0.25) is 9.36 Å². The van der Waals surface area contributed by atoms with Crippen molar-refractivity contribution < 1.29 is 14.6 Å². The molecule has 3 aromatic heterocycles. The van der Waals surface area contributed by atoms with Crippen LogP contribution in [0.3, 0.4) is 0 Å². The third-order valence-electron chi connectivity index (χ3n) is 5.64. The van der Waals surface area contributed by atoms with Gasteiger partial charge in [-0.1, -0.05) is 0 Å². The molecule has 0 atom stereocenters. The Kier molecular flexibility index (Phi) is 6.58. The summed E-state index contributed by atoms with van der Waals surface area (Å²) in [6.07, 6.45) is 7.09. The number of fused-ring (bicyclic) bond motifs is 1. The average Bonchev–Trinajstić information content (AvgIpc) is 3.22. The number of hydrogen-bond acceptors (Lipinski definition) is 7. The maximum absolute atomic E-state index is 12.9. The van der Waals surface area contributed by atoms with Crippen molar-refractivity contribution in [1.82, 2.24) is 19.9 Å². The number of nitrogens with zero attached hydrogens (tertiary/aromatic N) is 4. The van der Waals surface area contributed by atoms with Crippen LogP contribution in [0.25, 0.3) is 16.9 Å². The largest absolute Gasteiger partial charge is 0.390 e. The molecule has 9 nitrogen and oxygen atoms in total. The molecule has 33 heavy (non-hydrogen) atoms. The Bertz CT molecular complexity index is 1190. The molecule has 1 aliphatic heterocycles. The number of ether oxygens (including phenoxy) is 1. The van der Waals surface area contributed by atoms with E-state index >= 15 is 0 Å². The molecule has 4 heterocycles. The maximum Gasteiger partial charge on any atom is 0.254 e. The van der Waals surface area contributed by atoms with Gasteiger partial charge in [0, 0.05) is 55.8 Å². The van der Waals surface area contributed by atoms with Gasteiger partial charge in [-0.25, -0.2) is 9.97 Å². The highest BCUT2D eigenvalue weighted by Crippen LogP contribution is 2.25. The first kappa shape index (κ1) is 22.7. The Morgan fingerprint density at radius 2 is 2.09 bits per heavy atom. The predicted octanol–water partition coefficient (Wildman–Crippen LogP) is 2.77. The van der Waals surface area contributed by atoms with E-state index in [1.807, 2.05) is 22.9 Å². The molecule has 0 aromatic carbocycles. The molecule has 9 heteroatoms. The molecule has 1 amide bonds. The van der Waals surface area contributed by atoms with E-state index in [1.54, 1.807) is 26.1 Å². The smallest absolute Gasteiger partial charge is 0.254 e. The molecule has 1 aliphatic rings. The SMILES string of the molecule is CC(C)(O)CCNC(=O)c1cnc(-n2ccc3cc(C#N)cnc32)cc1NC1CCOCC1. The van der Waals surface area contributed by atoms with Crippen molar-refractivity contribution in [3.8, 4) is 11.9 Å². The van der Waals surface area contributed by atoms with Gasteiger partial charge in [0.25, 0.3) is 5.91 Å². The lowest BCUT2D eigenvalue weighted by Gasteiger charge is -2.25. The van der Waals surface area contributed by atoms with Crippen LogP contribution in [0, 0.1) is 11.3 Å². The van der Waals surface area contributed by atoms with Crippen LogP contribution in [-0.2, 0) is 4.74 Å². The molecule has 3 N–H and O–H groups in total. The standard InChI is InChI=1S/C24H28N6O3/c1-24(2,32)6-7-26-23(31)19-15-27-21(12-20(19)29-18-4-9-33-10-5-18)30-8-3-17-11-16(13-25)14-28-22(17)30/h3,8,11-12,14-15,18,32H,4-7,9-10H2,1-2H3,(H,26,31)(H,27,29). The Morgan fingerprint density at radius 1 is 1.30 bits per heavy atom.